The Hall–Kier alpha value is -0.910. The van der Waals surface area contributed by atoms with E-state index in [9.17, 15) is 8.42 Å². The summed E-state index contributed by atoms with van der Waals surface area (Å²) in [6.07, 6.45) is 0. The van der Waals surface area contributed by atoms with Gasteiger partial charge in [-0.25, -0.2) is 8.42 Å². The number of rotatable bonds is 2. The van der Waals surface area contributed by atoms with E-state index in [1.807, 2.05) is 6.92 Å². The van der Waals surface area contributed by atoms with Gasteiger partial charge in [-0.1, -0.05) is 18.2 Å². The molecule has 3 rings (SSSR count). The first-order valence-corrected chi connectivity index (χ1v) is 8.61. The van der Waals surface area contributed by atoms with Crippen molar-refractivity contribution in [2.45, 2.75) is 32.6 Å². The standard InChI is InChI=1S/C14H20N2O2S/c1-11-10-19(17,18)5-4-16(11)9-12-2-3-13-7-15-8-14(13)6-12/h2-3,6,11,15H,4-5,7-10H2,1H3. The number of hydrogen-bond acceptors (Lipinski definition) is 4. The lowest BCUT2D eigenvalue weighted by molar-refractivity contribution is 0.218. The maximum atomic E-state index is 11.6. The van der Waals surface area contributed by atoms with Crippen molar-refractivity contribution in [3.05, 3.63) is 34.9 Å². The average molecular weight is 280 g/mol. The molecule has 0 spiro atoms. The molecule has 1 N–H and O–H groups in total. The molecule has 104 valence electrons. The summed E-state index contributed by atoms with van der Waals surface area (Å²) in [6, 6.07) is 6.73. The predicted octanol–water partition coefficient (Wildman–Crippen LogP) is 0.909. The SMILES string of the molecule is CC1CS(=O)(=O)CCN1Cc1ccc2c(c1)CNC2. The summed E-state index contributed by atoms with van der Waals surface area (Å²) in [7, 11) is -2.82. The number of nitrogens with one attached hydrogen (secondary N) is 1. The van der Waals surface area contributed by atoms with Crippen LogP contribution in [0.1, 0.15) is 23.6 Å². The topological polar surface area (TPSA) is 49.4 Å². The molecular formula is C14H20N2O2S. The molecule has 19 heavy (non-hydrogen) atoms. The first-order valence-electron chi connectivity index (χ1n) is 6.79. The second-order valence-electron chi connectivity index (χ2n) is 5.64. The van der Waals surface area contributed by atoms with E-state index in [4.69, 9.17) is 0 Å². The molecule has 0 radical (unpaired) electrons. The molecule has 0 amide bonds. The fourth-order valence-corrected chi connectivity index (χ4v) is 4.57. The Morgan fingerprint density at radius 1 is 1.32 bits per heavy atom. The minimum Gasteiger partial charge on any atom is -0.309 e. The lowest BCUT2D eigenvalue weighted by atomic mass is 10.1. The molecular weight excluding hydrogens is 260 g/mol. The first-order chi connectivity index (χ1) is 9.03. The molecule has 1 atom stereocenters. The Labute approximate surface area is 114 Å². The van der Waals surface area contributed by atoms with Gasteiger partial charge in [0.2, 0.25) is 0 Å². The molecule has 1 saturated heterocycles. The highest BCUT2D eigenvalue weighted by Crippen LogP contribution is 2.20. The molecule has 2 aliphatic rings. The third kappa shape index (κ3) is 2.83. The third-order valence-corrected chi connectivity index (χ3v) is 5.89. The summed E-state index contributed by atoms with van der Waals surface area (Å²) in [5.74, 6) is 0.587. The van der Waals surface area contributed by atoms with E-state index in [1.165, 1.54) is 16.7 Å². The number of benzene rings is 1. The minimum atomic E-state index is -2.82. The zero-order chi connectivity index (χ0) is 13.5. The summed E-state index contributed by atoms with van der Waals surface area (Å²) in [4.78, 5) is 2.27. The summed E-state index contributed by atoms with van der Waals surface area (Å²) >= 11 is 0. The summed E-state index contributed by atoms with van der Waals surface area (Å²) in [6.45, 7) is 5.43. The van der Waals surface area contributed by atoms with Gasteiger partial charge in [0.1, 0.15) is 0 Å². The van der Waals surface area contributed by atoms with E-state index in [1.54, 1.807) is 0 Å². The quantitative estimate of drug-likeness (QED) is 0.875. The third-order valence-electron chi connectivity index (χ3n) is 4.10. The summed E-state index contributed by atoms with van der Waals surface area (Å²) in [5, 5.41) is 3.35. The second kappa shape index (κ2) is 4.89. The largest absolute Gasteiger partial charge is 0.309 e. The number of nitrogens with zero attached hydrogens (tertiary/aromatic N) is 1. The summed E-state index contributed by atoms with van der Waals surface area (Å²) in [5.41, 5.74) is 4.06. The Kier molecular flexibility index (Phi) is 3.37. The van der Waals surface area contributed by atoms with Gasteiger partial charge in [0, 0.05) is 32.2 Å². The molecule has 1 unspecified atom stereocenters. The van der Waals surface area contributed by atoms with Crippen molar-refractivity contribution in [3.8, 4) is 0 Å². The van der Waals surface area contributed by atoms with Crippen LogP contribution in [0.4, 0.5) is 0 Å². The molecule has 0 aliphatic carbocycles. The fourth-order valence-electron chi connectivity index (χ4n) is 2.95. The van der Waals surface area contributed by atoms with Crippen molar-refractivity contribution < 1.29 is 8.42 Å². The van der Waals surface area contributed by atoms with Gasteiger partial charge in [-0.15, -0.1) is 0 Å². The second-order valence-corrected chi connectivity index (χ2v) is 7.87. The van der Waals surface area contributed by atoms with Crippen LogP contribution in [0.2, 0.25) is 0 Å². The van der Waals surface area contributed by atoms with Crippen molar-refractivity contribution in [2.75, 3.05) is 18.1 Å². The summed E-state index contributed by atoms with van der Waals surface area (Å²) < 4.78 is 23.2. The molecule has 2 heterocycles. The monoisotopic (exact) mass is 280 g/mol. The molecule has 0 saturated carbocycles. The Morgan fingerprint density at radius 2 is 2.11 bits per heavy atom. The van der Waals surface area contributed by atoms with Crippen LogP contribution in [0.3, 0.4) is 0 Å². The van der Waals surface area contributed by atoms with Crippen molar-refractivity contribution >= 4 is 9.84 Å². The van der Waals surface area contributed by atoms with E-state index in [0.717, 1.165) is 19.6 Å². The Morgan fingerprint density at radius 3 is 2.89 bits per heavy atom. The van der Waals surface area contributed by atoms with Gasteiger partial charge in [0.15, 0.2) is 9.84 Å². The van der Waals surface area contributed by atoms with E-state index < -0.39 is 9.84 Å². The minimum absolute atomic E-state index is 0.116. The van der Waals surface area contributed by atoms with Gasteiger partial charge in [-0.2, -0.15) is 0 Å². The van der Waals surface area contributed by atoms with Crippen molar-refractivity contribution in [2.24, 2.45) is 0 Å². The van der Waals surface area contributed by atoms with Crippen LogP contribution in [0.25, 0.3) is 0 Å². The van der Waals surface area contributed by atoms with Gasteiger partial charge in [-0.05, 0) is 23.6 Å². The van der Waals surface area contributed by atoms with Crippen LogP contribution in [0.5, 0.6) is 0 Å². The number of hydrogen-bond donors (Lipinski definition) is 1. The van der Waals surface area contributed by atoms with Crippen LogP contribution < -0.4 is 5.32 Å². The van der Waals surface area contributed by atoms with Gasteiger partial charge in [0.05, 0.1) is 11.5 Å². The van der Waals surface area contributed by atoms with Crippen LogP contribution in [-0.4, -0.2) is 37.4 Å². The van der Waals surface area contributed by atoms with Gasteiger partial charge < -0.3 is 5.32 Å². The molecule has 1 aromatic rings. The van der Waals surface area contributed by atoms with Gasteiger partial charge in [0.25, 0.3) is 0 Å². The highest BCUT2D eigenvalue weighted by molar-refractivity contribution is 7.91. The lowest BCUT2D eigenvalue weighted by Gasteiger charge is -2.33. The predicted molar refractivity (Wildman–Crippen MR) is 75.5 cm³/mol. The molecule has 5 heteroatoms. The van der Waals surface area contributed by atoms with Crippen molar-refractivity contribution in [3.63, 3.8) is 0 Å². The molecule has 4 nitrogen and oxygen atoms in total. The number of sulfone groups is 1. The maximum Gasteiger partial charge on any atom is 0.153 e. The van der Waals surface area contributed by atoms with Crippen LogP contribution >= 0.6 is 0 Å². The highest BCUT2D eigenvalue weighted by Gasteiger charge is 2.28. The first kappa shape index (κ1) is 13.1. The molecule has 2 aliphatic heterocycles. The van der Waals surface area contributed by atoms with Gasteiger partial charge in [-0.3, -0.25) is 4.90 Å². The smallest absolute Gasteiger partial charge is 0.153 e. The number of fused-ring (bicyclic) bond motifs is 1. The van der Waals surface area contributed by atoms with E-state index >= 15 is 0 Å². The van der Waals surface area contributed by atoms with Crippen LogP contribution in [-0.2, 0) is 29.5 Å². The fraction of sp³-hybridized carbons (Fsp3) is 0.571. The maximum absolute atomic E-state index is 11.6. The van der Waals surface area contributed by atoms with Crippen molar-refractivity contribution in [1.29, 1.82) is 0 Å². The lowest BCUT2D eigenvalue weighted by Crippen LogP contribution is -2.46. The van der Waals surface area contributed by atoms with E-state index in [0.29, 0.717) is 18.1 Å². The zero-order valence-electron chi connectivity index (χ0n) is 11.2. The normalized spacial score (nSPS) is 26.3. The Bertz CT molecular complexity index is 583. The average Bonchev–Trinajstić information content (AvgIpc) is 2.79. The van der Waals surface area contributed by atoms with E-state index in [-0.39, 0.29) is 6.04 Å². The van der Waals surface area contributed by atoms with Crippen LogP contribution in [0.15, 0.2) is 18.2 Å². The van der Waals surface area contributed by atoms with Gasteiger partial charge >= 0.3 is 0 Å². The van der Waals surface area contributed by atoms with Crippen LogP contribution in [0, 0.1) is 0 Å². The molecule has 0 aromatic heterocycles. The zero-order valence-corrected chi connectivity index (χ0v) is 12.0. The Balaban J connectivity index is 1.72. The molecule has 0 bridgehead atoms. The van der Waals surface area contributed by atoms with E-state index in [2.05, 4.69) is 28.4 Å². The molecule has 1 fully saturated rings. The highest BCUT2D eigenvalue weighted by atomic mass is 32.2. The molecule has 1 aromatic carbocycles. The van der Waals surface area contributed by atoms with Crippen molar-refractivity contribution in [1.82, 2.24) is 10.2 Å².